The molecule has 8 heteroatoms. The fourth-order valence-corrected chi connectivity index (χ4v) is 5.44. The van der Waals surface area contributed by atoms with Gasteiger partial charge >= 0.3 is 5.97 Å². The second-order valence-electron chi connectivity index (χ2n) is 9.20. The topological polar surface area (TPSA) is 88.5 Å². The summed E-state index contributed by atoms with van der Waals surface area (Å²) in [6.07, 6.45) is 0. The van der Waals surface area contributed by atoms with Gasteiger partial charge in [0.05, 0.1) is 19.6 Å². The first-order valence-electron chi connectivity index (χ1n) is 12.4. The fraction of sp³-hybridized carbons (Fsp3) is 0.310. The molecule has 0 aromatic heterocycles. The van der Waals surface area contributed by atoms with E-state index in [1.807, 2.05) is 84.6 Å². The molecule has 0 saturated carbocycles. The van der Waals surface area contributed by atoms with Gasteiger partial charge in [-0.2, -0.15) is 0 Å². The minimum atomic E-state index is -0.908. The van der Waals surface area contributed by atoms with Gasteiger partial charge in [0.2, 0.25) is 12.7 Å². The molecule has 0 radical (unpaired) electrons. The van der Waals surface area contributed by atoms with Crippen molar-refractivity contribution in [3.05, 3.63) is 83.9 Å². The lowest BCUT2D eigenvalue weighted by Gasteiger charge is -2.29. The number of ether oxygens (including phenoxy) is 3. The highest BCUT2D eigenvalue weighted by Crippen LogP contribution is 2.47. The Balaban J connectivity index is 1.51. The van der Waals surface area contributed by atoms with Crippen LogP contribution in [0.15, 0.2) is 72.8 Å². The van der Waals surface area contributed by atoms with Crippen LogP contribution in [0.1, 0.15) is 30.0 Å². The van der Waals surface area contributed by atoms with Crippen molar-refractivity contribution in [2.24, 2.45) is 5.92 Å². The van der Waals surface area contributed by atoms with E-state index in [2.05, 4.69) is 0 Å². The molecule has 0 bridgehead atoms. The largest absolute Gasteiger partial charge is 0.497 e. The van der Waals surface area contributed by atoms with Crippen LogP contribution in [0.3, 0.4) is 0 Å². The van der Waals surface area contributed by atoms with Crippen molar-refractivity contribution in [2.45, 2.75) is 18.9 Å². The molecule has 3 aromatic rings. The Morgan fingerprint density at radius 3 is 2.38 bits per heavy atom. The van der Waals surface area contributed by atoms with Crippen LogP contribution in [0.2, 0.25) is 0 Å². The first-order chi connectivity index (χ1) is 18.0. The van der Waals surface area contributed by atoms with Crippen LogP contribution in [0.5, 0.6) is 17.2 Å². The molecule has 1 saturated heterocycles. The monoisotopic (exact) mass is 502 g/mol. The lowest BCUT2D eigenvalue weighted by molar-refractivity contribution is -0.143. The predicted octanol–water partition coefficient (Wildman–Crippen LogP) is 4.32. The maximum absolute atomic E-state index is 13.6. The molecule has 0 spiro atoms. The summed E-state index contributed by atoms with van der Waals surface area (Å²) in [4.78, 5) is 30.0. The van der Waals surface area contributed by atoms with Gasteiger partial charge in [0.15, 0.2) is 11.5 Å². The minimum absolute atomic E-state index is 0.0808. The van der Waals surface area contributed by atoms with Gasteiger partial charge < -0.3 is 24.2 Å². The highest BCUT2D eigenvalue weighted by Gasteiger charge is 2.48. The molecule has 3 atom stereocenters. The number of hydrogen-bond acceptors (Lipinski definition) is 6. The van der Waals surface area contributed by atoms with Crippen LogP contribution in [0, 0.1) is 5.92 Å². The molecule has 192 valence electrons. The summed E-state index contributed by atoms with van der Waals surface area (Å²) in [5.41, 5.74) is 2.49. The molecule has 2 heterocycles. The zero-order valence-electron chi connectivity index (χ0n) is 20.9. The van der Waals surface area contributed by atoms with Crippen LogP contribution in [0.4, 0.5) is 5.69 Å². The average Bonchev–Trinajstić information content (AvgIpc) is 3.54. The summed E-state index contributed by atoms with van der Waals surface area (Å²) in [6.45, 7) is 3.09. The summed E-state index contributed by atoms with van der Waals surface area (Å²) in [5.74, 6) is -0.166. The van der Waals surface area contributed by atoms with Gasteiger partial charge in [-0.3, -0.25) is 14.5 Å². The van der Waals surface area contributed by atoms with E-state index in [0.29, 0.717) is 30.3 Å². The van der Waals surface area contributed by atoms with E-state index in [1.54, 1.807) is 12.0 Å². The third-order valence-electron chi connectivity index (χ3n) is 7.19. The number of carbonyl (C=O) groups excluding carboxylic acids is 1. The molecule has 1 unspecified atom stereocenters. The molecular weight excluding hydrogens is 472 g/mol. The summed E-state index contributed by atoms with van der Waals surface area (Å²) >= 11 is 0. The highest BCUT2D eigenvalue weighted by molar-refractivity contribution is 5.94. The second-order valence-corrected chi connectivity index (χ2v) is 9.20. The summed E-state index contributed by atoms with van der Waals surface area (Å²) in [6, 6.07) is 22.0. The number of carbonyl (C=O) groups is 2. The number of likely N-dealkylation sites (tertiary alicyclic amines) is 1. The molecule has 2 aliphatic rings. The molecule has 1 fully saturated rings. The van der Waals surface area contributed by atoms with Crippen molar-refractivity contribution in [1.29, 1.82) is 0 Å². The van der Waals surface area contributed by atoms with Crippen LogP contribution >= 0.6 is 0 Å². The van der Waals surface area contributed by atoms with E-state index in [0.717, 1.165) is 16.8 Å². The number of likely N-dealkylation sites (N-methyl/N-ethyl adjacent to an activating group) is 1. The summed E-state index contributed by atoms with van der Waals surface area (Å²) < 4.78 is 16.3. The van der Waals surface area contributed by atoms with E-state index in [1.165, 1.54) is 0 Å². The number of carboxylic acids is 1. The van der Waals surface area contributed by atoms with Crippen molar-refractivity contribution in [1.82, 2.24) is 4.90 Å². The number of hydrogen-bond donors (Lipinski definition) is 1. The third kappa shape index (κ3) is 4.84. The number of nitrogens with zero attached hydrogens (tertiary/aromatic N) is 2. The number of benzene rings is 3. The van der Waals surface area contributed by atoms with Crippen LogP contribution < -0.4 is 19.1 Å². The molecule has 0 aliphatic carbocycles. The van der Waals surface area contributed by atoms with E-state index < -0.39 is 17.9 Å². The van der Waals surface area contributed by atoms with Crippen LogP contribution in [0.25, 0.3) is 0 Å². The molecule has 2 aliphatic heterocycles. The fourth-order valence-electron chi connectivity index (χ4n) is 5.44. The predicted molar refractivity (Wildman–Crippen MR) is 138 cm³/mol. The molecule has 8 nitrogen and oxygen atoms in total. The first-order valence-corrected chi connectivity index (χ1v) is 12.4. The quantitative estimate of drug-likeness (QED) is 0.491. The smallest absolute Gasteiger partial charge is 0.309 e. The zero-order chi connectivity index (χ0) is 25.9. The number of carboxylic acid groups (broad SMARTS) is 1. The maximum Gasteiger partial charge on any atom is 0.309 e. The summed E-state index contributed by atoms with van der Waals surface area (Å²) in [7, 11) is 1.59. The lowest BCUT2D eigenvalue weighted by Crippen LogP contribution is -2.41. The Bertz CT molecular complexity index is 1260. The van der Waals surface area contributed by atoms with Gasteiger partial charge in [-0.05, 0) is 54.4 Å². The zero-order valence-corrected chi connectivity index (χ0v) is 20.9. The van der Waals surface area contributed by atoms with Crippen molar-refractivity contribution in [2.75, 3.05) is 38.4 Å². The second kappa shape index (κ2) is 10.5. The third-order valence-corrected chi connectivity index (χ3v) is 7.19. The maximum atomic E-state index is 13.6. The summed E-state index contributed by atoms with van der Waals surface area (Å²) in [5, 5.41) is 10.5. The number of aliphatic carboxylic acids is 1. The van der Waals surface area contributed by atoms with Gasteiger partial charge in [-0.15, -0.1) is 0 Å². The Labute approximate surface area is 216 Å². The van der Waals surface area contributed by atoms with Crippen molar-refractivity contribution < 1.29 is 28.9 Å². The molecule has 37 heavy (non-hydrogen) atoms. The van der Waals surface area contributed by atoms with Gasteiger partial charge in [0.1, 0.15) is 5.75 Å². The van der Waals surface area contributed by atoms with Gasteiger partial charge in [-0.1, -0.05) is 36.4 Å². The minimum Gasteiger partial charge on any atom is -0.497 e. The van der Waals surface area contributed by atoms with Crippen molar-refractivity contribution >= 4 is 17.6 Å². The Morgan fingerprint density at radius 1 is 1.00 bits per heavy atom. The van der Waals surface area contributed by atoms with Crippen LogP contribution in [-0.4, -0.2) is 55.4 Å². The number of anilines is 1. The Morgan fingerprint density at radius 2 is 1.70 bits per heavy atom. The standard InChI is InChI=1S/C29H30N2O6/c1-3-31(21-7-5-4-6-8-21)26(32)17-30-16-23(20-11-14-24-25(15-20)37-18-36-24)27(29(33)34)28(30)19-9-12-22(35-2)13-10-19/h4-15,23,27-28H,3,16-18H2,1-2H3,(H,33,34)/t23?,27-,28+/m0/s1. The molecular formula is C29H30N2O6. The first kappa shape index (κ1) is 24.6. The average molecular weight is 503 g/mol. The van der Waals surface area contributed by atoms with E-state index in [9.17, 15) is 14.7 Å². The number of rotatable bonds is 8. The molecule has 3 aromatic carbocycles. The molecule has 1 amide bonds. The Hall–Kier alpha value is -4.04. The van der Waals surface area contributed by atoms with E-state index in [4.69, 9.17) is 14.2 Å². The van der Waals surface area contributed by atoms with Gasteiger partial charge in [-0.25, -0.2) is 0 Å². The molecule has 5 rings (SSSR count). The van der Waals surface area contributed by atoms with E-state index in [-0.39, 0.29) is 25.2 Å². The van der Waals surface area contributed by atoms with Gasteiger partial charge in [0, 0.05) is 30.7 Å². The number of methoxy groups -OCH3 is 1. The number of fused-ring (bicyclic) bond motifs is 1. The Kier molecular flexibility index (Phi) is 7.01. The van der Waals surface area contributed by atoms with Crippen molar-refractivity contribution in [3.8, 4) is 17.2 Å². The normalized spacial score (nSPS) is 20.5. The van der Waals surface area contributed by atoms with Crippen molar-refractivity contribution in [3.63, 3.8) is 0 Å². The van der Waals surface area contributed by atoms with Crippen LogP contribution in [-0.2, 0) is 9.59 Å². The number of amides is 1. The van der Waals surface area contributed by atoms with E-state index >= 15 is 0 Å². The lowest BCUT2D eigenvalue weighted by atomic mass is 9.82. The highest BCUT2D eigenvalue weighted by atomic mass is 16.7. The molecule has 1 N–H and O–H groups in total. The SMILES string of the molecule is CCN(C(=O)CN1CC(c2ccc3c(c2)OCO3)[C@H](C(=O)O)[C@H]1c1ccc(OC)cc1)c1ccccc1. The van der Waals surface area contributed by atoms with Gasteiger partial charge in [0.25, 0.3) is 0 Å². The number of para-hydroxylation sites is 1.